The monoisotopic (exact) mass is 345 g/mol. The molecule has 0 saturated heterocycles. The Hall–Kier alpha value is -0.250. The van der Waals surface area contributed by atoms with E-state index < -0.39 is 0 Å². The summed E-state index contributed by atoms with van der Waals surface area (Å²) in [7, 11) is 3.87. The maximum Gasteiger partial charge on any atom is 0.119 e. The van der Waals surface area contributed by atoms with Crippen molar-refractivity contribution in [2.75, 3.05) is 14.2 Å². The highest BCUT2D eigenvalue weighted by atomic mass is 79.9. The van der Waals surface area contributed by atoms with Crippen LogP contribution in [0.4, 0.5) is 0 Å². The molecule has 0 aliphatic heterocycles. The van der Waals surface area contributed by atoms with E-state index in [9.17, 15) is 0 Å². The molecule has 1 aliphatic rings. The second kappa shape index (κ2) is 6.96. The lowest BCUT2D eigenvalue weighted by Gasteiger charge is -2.35. The molecule has 2 unspecified atom stereocenters. The third-order valence-electron chi connectivity index (χ3n) is 3.89. The van der Waals surface area contributed by atoms with Crippen molar-refractivity contribution < 1.29 is 4.74 Å². The molecule has 2 nitrogen and oxygen atoms in total. The van der Waals surface area contributed by atoms with Crippen LogP contribution in [0.5, 0.6) is 5.75 Å². The molecule has 4 heteroatoms. The van der Waals surface area contributed by atoms with E-state index in [-0.39, 0.29) is 5.38 Å². The van der Waals surface area contributed by atoms with Gasteiger partial charge in [-0.05, 0) is 43.7 Å². The van der Waals surface area contributed by atoms with Crippen LogP contribution in [0, 0.1) is 0 Å². The molecule has 106 valence electrons. The van der Waals surface area contributed by atoms with Crippen molar-refractivity contribution in [1.82, 2.24) is 4.90 Å². The number of methoxy groups -OCH3 is 1. The molecule has 1 aromatic rings. The van der Waals surface area contributed by atoms with Gasteiger partial charge in [-0.1, -0.05) is 28.8 Å². The molecule has 0 aromatic heterocycles. The van der Waals surface area contributed by atoms with Crippen LogP contribution in [0.1, 0.15) is 31.2 Å². The Kier molecular flexibility index (Phi) is 5.55. The summed E-state index contributed by atoms with van der Waals surface area (Å²) in [5.74, 6) is 0.901. The van der Waals surface area contributed by atoms with Gasteiger partial charge in [0, 0.05) is 22.4 Å². The maximum absolute atomic E-state index is 6.46. The van der Waals surface area contributed by atoms with Crippen LogP contribution in [-0.4, -0.2) is 30.5 Å². The van der Waals surface area contributed by atoms with Crippen LogP contribution in [-0.2, 0) is 6.54 Å². The molecule has 2 atom stereocenters. The predicted octanol–water partition coefficient (Wildman–Crippen LogP) is 4.44. The zero-order valence-corrected chi connectivity index (χ0v) is 13.9. The minimum atomic E-state index is 0.281. The molecule has 0 N–H and O–H groups in total. The first kappa shape index (κ1) is 15.1. The molecule has 1 fully saturated rings. The lowest BCUT2D eigenvalue weighted by atomic mass is 9.93. The van der Waals surface area contributed by atoms with Gasteiger partial charge in [0.15, 0.2) is 0 Å². The summed E-state index contributed by atoms with van der Waals surface area (Å²) < 4.78 is 6.42. The normalized spacial score (nSPS) is 23.6. The van der Waals surface area contributed by atoms with Crippen molar-refractivity contribution in [1.29, 1.82) is 0 Å². The van der Waals surface area contributed by atoms with E-state index >= 15 is 0 Å². The molecule has 2 rings (SSSR count). The van der Waals surface area contributed by atoms with Gasteiger partial charge in [-0.25, -0.2) is 0 Å². The molecular formula is C15H21BrClNO. The highest BCUT2D eigenvalue weighted by Crippen LogP contribution is 2.29. The Labute approximate surface area is 129 Å². The summed E-state index contributed by atoms with van der Waals surface area (Å²) in [5, 5.41) is 0.281. The zero-order valence-electron chi connectivity index (χ0n) is 11.5. The highest BCUT2D eigenvalue weighted by Gasteiger charge is 2.26. The Morgan fingerprint density at radius 3 is 2.79 bits per heavy atom. The summed E-state index contributed by atoms with van der Waals surface area (Å²) in [6.07, 6.45) is 4.89. The van der Waals surface area contributed by atoms with Gasteiger partial charge < -0.3 is 4.74 Å². The minimum Gasteiger partial charge on any atom is -0.497 e. The summed E-state index contributed by atoms with van der Waals surface area (Å²) in [6, 6.07) is 6.58. The topological polar surface area (TPSA) is 12.5 Å². The number of rotatable bonds is 4. The molecule has 0 spiro atoms. The SMILES string of the molecule is COc1ccc(Br)c(CN(C)C2CCCCC2Cl)c1. The van der Waals surface area contributed by atoms with Crippen LogP contribution < -0.4 is 4.74 Å². The molecule has 0 bridgehead atoms. The van der Waals surface area contributed by atoms with Gasteiger partial charge in [-0.15, -0.1) is 11.6 Å². The largest absolute Gasteiger partial charge is 0.497 e. The molecule has 1 saturated carbocycles. The third-order valence-corrected chi connectivity index (χ3v) is 5.17. The van der Waals surface area contributed by atoms with E-state index in [1.54, 1.807) is 7.11 Å². The van der Waals surface area contributed by atoms with E-state index in [0.29, 0.717) is 6.04 Å². The van der Waals surface area contributed by atoms with Crippen molar-refractivity contribution >= 4 is 27.5 Å². The van der Waals surface area contributed by atoms with Crippen molar-refractivity contribution in [3.05, 3.63) is 28.2 Å². The molecule has 1 aromatic carbocycles. The van der Waals surface area contributed by atoms with E-state index in [4.69, 9.17) is 16.3 Å². The van der Waals surface area contributed by atoms with E-state index in [0.717, 1.165) is 23.2 Å². The Bertz CT molecular complexity index is 427. The molecule has 1 aliphatic carbocycles. The molecular weight excluding hydrogens is 326 g/mol. The average molecular weight is 347 g/mol. The standard InChI is InChI=1S/C15H21BrClNO/c1-18(15-6-4-3-5-14(15)17)10-11-9-12(19-2)7-8-13(11)16/h7-9,14-15H,3-6,10H2,1-2H3. The van der Waals surface area contributed by atoms with Crippen LogP contribution in [0.3, 0.4) is 0 Å². The van der Waals surface area contributed by atoms with Crippen LogP contribution in [0.15, 0.2) is 22.7 Å². The third kappa shape index (κ3) is 3.87. The predicted molar refractivity (Wildman–Crippen MR) is 84.1 cm³/mol. The fourth-order valence-electron chi connectivity index (χ4n) is 2.75. The van der Waals surface area contributed by atoms with Crippen molar-refractivity contribution in [3.8, 4) is 5.75 Å². The number of halogens is 2. The number of benzene rings is 1. The van der Waals surface area contributed by atoms with Crippen LogP contribution in [0.25, 0.3) is 0 Å². The fourth-order valence-corrected chi connectivity index (χ4v) is 3.59. The molecule has 0 heterocycles. The first-order valence-electron chi connectivity index (χ1n) is 6.78. The number of nitrogens with zero attached hydrogens (tertiary/aromatic N) is 1. The fraction of sp³-hybridized carbons (Fsp3) is 0.600. The van der Waals surface area contributed by atoms with Gasteiger partial charge in [0.1, 0.15) is 5.75 Å². The van der Waals surface area contributed by atoms with Gasteiger partial charge in [0.2, 0.25) is 0 Å². The van der Waals surface area contributed by atoms with Gasteiger partial charge in [-0.2, -0.15) is 0 Å². The van der Waals surface area contributed by atoms with Crippen molar-refractivity contribution in [2.24, 2.45) is 0 Å². The number of hydrogen-bond donors (Lipinski definition) is 0. The van der Waals surface area contributed by atoms with Crippen molar-refractivity contribution in [2.45, 2.75) is 43.6 Å². The Balaban J connectivity index is 2.07. The van der Waals surface area contributed by atoms with E-state index in [2.05, 4.69) is 33.9 Å². The second-order valence-electron chi connectivity index (χ2n) is 5.24. The first-order chi connectivity index (χ1) is 9.11. The molecule has 19 heavy (non-hydrogen) atoms. The zero-order chi connectivity index (χ0) is 13.8. The summed E-state index contributed by atoms with van der Waals surface area (Å²) in [5.41, 5.74) is 1.25. The number of ether oxygens (including phenoxy) is 1. The van der Waals surface area contributed by atoms with Gasteiger partial charge >= 0.3 is 0 Å². The number of hydrogen-bond acceptors (Lipinski definition) is 2. The first-order valence-corrected chi connectivity index (χ1v) is 8.01. The lowest BCUT2D eigenvalue weighted by Crippen LogP contribution is -2.40. The van der Waals surface area contributed by atoms with Gasteiger partial charge in [0.25, 0.3) is 0 Å². The van der Waals surface area contributed by atoms with Crippen LogP contribution in [0.2, 0.25) is 0 Å². The summed E-state index contributed by atoms with van der Waals surface area (Å²) in [6.45, 7) is 0.895. The Morgan fingerprint density at radius 2 is 2.11 bits per heavy atom. The van der Waals surface area contributed by atoms with Crippen molar-refractivity contribution in [3.63, 3.8) is 0 Å². The Morgan fingerprint density at radius 1 is 1.37 bits per heavy atom. The second-order valence-corrected chi connectivity index (χ2v) is 6.66. The average Bonchev–Trinajstić information content (AvgIpc) is 2.41. The summed E-state index contributed by atoms with van der Waals surface area (Å²) in [4.78, 5) is 2.37. The smallest absolute Gasteiger partial charge is 0.119 e. The molecule has 0 amide bonds. The highest BCUT2D eigenvalue weighted by molar-refractivity contribution is 9.10. The lowest BCUT2D eigenvalue weighted by molar-refractivity contribution is 0.188. The van der Waals surface area contributed by atoms with Crippen LogP contribution >= 0.6 is 27.5 Å². The molecule has 0 radical (unpaired) electrons. The van der Waals surface area contributed by atoms with E-state index in [1.807, 2.05) is 12.1 Å². The van der Waals surface area contributed by atoms with E-state index in [1.165, 1.54) is 24.8 Å². The minimum absolute atomic E-state index is 0.281. The summed E-state index contributed by atoms with van der Waals surface area (Å²) >= 11 is 10.1. The van der Waals surface area contributed by atoms with Gasteiger partial charge in [0.05, 0.1) is 7.11 Å². The maximum atomic E-state index is 6.46. The van der Waals surface area contributed by atoms with Gasteiger partial charge in [-0.3, -0.25) is 4.90 Å². The quantitative estimate of drug-likeness (QED) is 0.747. The number of alkyl halides is 1.